The average molecular weight is 249 g/mol. The molecule has 2 aromatic rings. The Morgan fingerprint density at radius 2 is 2.12 bits per heavy atom. The number of hydrogen-bond acceptors (Lipinski definition) is 6. The molecule has 0 unspecified atom stereocenters. The van der Waals surface area contributed by atoms with Gasteiger partial charge in [-0.05, 0) is 19.4 Å². The van der Waals surface area contributed by atoms with Crippen LogP contribution in [-0.2, 0) is 4.74 Å². The molecule has 88 valence electrons. The highest BCUT2D eigenvalue weighted by Gasteiger charge is 2.13. The summed E-state index contributed by atoms with van der Waals surface area (Å²) in [5.41, 5.74) is 1.28. The fourth-order valence-corrected chi connectivity index (χ4v) is 1.91. The highest BCUT2D eigenvalue weighted by molar-refractivity contribution is 7.13. The second-order valence-electron chi connectivity index (χ2n) is 3.34. The number of aryl methyl sites for hydroxylation is 1. The van der Waals surface area contributed by atoms with Crippen LogP contribution in [0.25, 0.3) is 10.8 Å². The number of ether oxygens (including phenoxy) is 1. The van der Waals surface area contributed by atoms with Gasteiger partial charge >= 0.3 is 5.97 Å². The van der Waals surface area contributed by atoms with Gasteiger partial charge in [-0.1, -0.05) is 0 Å². The van der Waals surface area contributed by atoms with Crippen LogP contribution in [0.15, 0.2) is 17.8 Å². The highest BCUT2D eigenvalue weighted by atomic mass is 32.1. The minimum absolute atomic E-state index is 0.302. The van der Waals surface area contributed by atoms with E-state index < -0.39 is 5.97 Å². The average Bonchev–Trinajstić information content (AvgIpc) is 2.80. The summed E-state index contributed by atoms with van der Waals surface area (Å²) in [4.78, 5) is 23.9. The van der Waals surface area contributed by atoms with Crippen LogP contribution in [0.1, 0.15) is 23.0 Å². The molecule has 0 aliphatic carbocycles. The van der Waals surface area contributed by atoms with Crippen LogP contribution in [0.2, 0.25) is 0 Å². The summed E-state index contributed by atoms with van der Waals surface area (Å²) >= 11 is 1.33. The quantitative estimate of drug-likeness (QED) is 0.779. The van der Waals surface area contributed by atoms with Crippen molar-refractivity contribution in [1.29, 1.82) is 0 Å². The minimum Gasteiger partial charge on any atom is -0.461 e. The Hall–Kier alpha value is -1.82. The molecule has 0 spiro atoms. The van der Waals surface area contributed by atoms with Gasteiger partial charge in [0.1, 0.15) is 0 Å². The molecule has 0 saturated heterocycles. The number of esters is 1. The molecule has 0 aliphatic rings. The summed E-state index contributed by atoms with van der Waals surface area (Å²) in [5, 5.41) is 2.27. The molecule has 6 heteroatoms. The van der Waals surface area contributed by atoms with Gasteiger partial charge in [0.25, 0.3) is 0 Å². The topological polar surface area (TPSA) is 65.0 Å². The van der Waals surface area contributed by atoms with Crippen LogP contribution < -0.4 is 0 Å². The van der Waals surface area contributed by atoms with Gasteiger partial charge < -0.3 is 4.74 Å². The lowest BCUT2D eigenvalue weighted by atomic mass is 10.4. The number of hydrogen-bond donors (Lipinski definition) is 0. The highest BCUT2D eigenvalue weighted by Crippen LogP contribution is 2.20. The fraction of sp³-hybridized carbons (Fsp3) is 0.273. The molecule has 0 fully saturated rings. The lowest BCUT2D eigenvalue weighted by molar-refractivity contribution is 0.0520. The zero-order valence-corrected chi connectivity index (χ0v) is 10.3. The summed E-state index contributed by atoms with van der Waals surface area (Å²) < 4.78 is 4.86. The molecule has 0 radical (unpaired) electrons. The van der Waals surface area contributed by atoms with Crippen molar-refractivity contribution in [2.75, 3.05) is 6.61 Å². The van der Waals surface area contributed by atoms with Crippen molar-refractivity contribution in [1.82, 2.24) is 15.0 Å². The van der Waals surface area contributed by atoms with Crippen molar-refractivity contribution in [3.05, 3.63) is 29.0 Å². The molecule has 2 heterocycles. The molecule has 17 heavy (non-hydrogen) atoms. The smallest absolute Gasteiger partial charge is 0.357 e. The molecule has 0 amide bonds. The molecule has 0 bridgehead atoms. The molecule has 0 atom stereocenters. The van der Waals surface area contributed by atoms with Gasteiger partial charge in [0.15, 0.2) is 16.5 Å². The SMILES string of the molecule is CCOC(=O)c1csc(-c2ncc(C)cn2)n1. The maximum Gasteiger partial charge on any atom is 0.357 e. The van der Waals surface area contributed by atoms with E-state index in [4.69, 9.17) is 4.74 Å². The monoisotopic (exact) mass is 249 g/mol. The van der Waals surface area contributed by atoms with Gasteiger partial charge in [-0.2, -0.15) is 0 Å². The summed E-state index contributed by atoms with van der Waals surface area (Å²) in [6.07, 6.45) is 3.43. The molecule has 2 rings (SSSR count). The first kappa shape index (κ1) is 11.7. The Morgan fingerprint density at radius 1 is 1.41 bits per heavy atom. The van der Waals surface area contributed by atoms with Crippen molar-refractivity contribution >= 4 is 17.3 Å². The predicted octanol–water partition coefficient (Wildman–Crippen LogP) is 2.09. The second-order valence-corrected chi connectivity index (χ2v) is 4.20. The summed E-state index contributed by atoms with van der Waals surface area (Å²) in [7, 11) is 0. The number of thiazole rings is 1. The Balaban J connectivity index is 2.23. The molecular formula is C11H11N3O2S. The lowest BCUT2D eigenvalue weighted by Crippen LogP contribution is -2.04. The number of nitrogens with zero attached hydrogens (tertiary/aromatic N) is 3. The number of carbonyl (C=O) groups is 1. The summed E-state index contributed by atoms with van der Waals surface area (Å²) in [5.74, 6) is 0.110. The Labute approximate surface area is 103 Å². The number of rotatable bonds is 3. The van der Waals surface area contributed by atoms with Crippen LogP contribution in [0.5, 0.6) is 0 Å². The zero-order chi connectivity index (χ0) is 12.3. The Bertz CT molecular complexity index is 522. The van der Waals surface area contributed by atoms with Crippen LogP contribution in [-0.4, -0.2) is 27.5 Å². The van der Waals surface area contributed by atoms with E-state index in [2.05, 4.69) is 15.0 Å². The van der Waals surface area contributed by atoms with E-state index >= 15 is 0 Å². The predicted molar refractivity (Wildman–Crippen MR) is 63.8 cm³/mol. The molecule has 0 aliphatic heterocycles. The molecular weight excluding hydrogens is 238 g/mol. The van der Waals surface area contributed by atoms with Crippen molar-refractivity contribution in [2.45, 2.75) is 13.8 Å². The number of carbonyl (C=O) groups excluding carboxylic acids is 1. The van der Waals surface area contributed by atoms with Crippen molar-refractivity contribution < 1.29 is 9.53 Å². The minimum atomic E-state index is -0.415. The van der Waals surface area contributed by atoms with E-state index in [1.54, 1.807) is 24.7 Å². The summed E-state index contributed by atoms with van der Waals surface area (Å²) in [6.45, 7) is 4.01. The number of aromatic nitrogens is 3. The molecule has 2 aromatic heterocycles. The Kier molecular flexibility index (Phi) is 3.43. The Morgan fingerprint density at radius 3 is 2.76 bits per heavy atom. The fourth-order valence-electron chi connectivity index (χ4n) is 1.18. The van der Waals surface area contributed by atoms with Crippen LogP contribution in [0.4, 0.5) is 0 Å². The van der Waals surface area contributed by atoms with Crippen LogP contribution in [0.3, 0.4) is 0 Å². The molecule has 0 saturated carbocycles. The first-order valence-corrected chi connectivity index (χ1v) is 6.00. The van der Waals surface area contributed by atoms with Gasteiger partial charge in [0, 0.05) is 17.8 Å². The third-order valence-electron chi connectivity index (χ3n) is 1.96. The zero-order valence-electron chi connectivity index (χ0n) is 9.51. The van der Waals surface area contributed by atoms with E-state index in [-0.39, 0.29) is 0 Å². The third-order valence-corrected chi connectivity index (χ3v) is 2.80. The first-order chi connectivity index (χ1) is 8.20. The van der Waals surface area contributed by atoms with Crippen molar-refractivity contribution in [2.24, 2.45) is 0 Å². The molecule has 5 nitrogen and oxygen atoms in total. The molecule has 0 N–H and O–H groups in total. The first-order valence-electron chi connectivity index (χ1n) is 5.12. The van der Waals surface area contributed by atoms with E-state index in [1.165, 1.54) is 11.3 Å². The molecule has 0 aromatic carbocycles. The van der Waals surface area contributed by atoms with Gasteiger partial charge in [-0.25, -0.2) is 19.7 Å². The van der Waals surface area contributed by atoms with Gasteiger partial charge in [0.2, 0.25) is 0 Å². The second kappa shape index (κ2) is 5.01. The van der Waals surface area contributed by atoms with Crippen LogP contribution >= 0.6 is 11.3 Å². The van der Waals surface area contributed by atoms with E-state index in [0.29, 0.717) is 23.1 Å². The van der Waals surface area contributed by atoms with Gasteiger partial charge in [0.05, 0.1) is 6.61 Å². The van der Waals surface area contributed by atoms with E-state index in [9.17, 15) is 4.79 Å². The third kappa shape index (κ3) is 2.65. The lowest BCUT2D eigenvalue weighted by Gasteiger charge is -1.96. The van der Waals surface area contributed by atoms with Gasteiger partial charge in [-0.15, -0.1) is 11.3 Å². The normalized spacial score (nSPS) is 10.2. The van der Waals surface area contributed by atoms with Crippen molar-refractivity contribution in [3.63, 3.8) is 0 Å². The largest absolute Gasteiger partial charge is 0.461 e. The standard InChI is InChI=1S/C11H11N3O2S/c1-3-16-11(15)8-6-17-10(14-8)9-12-4-7(2)5-13-9/h4-6H,3H2,1-2H3. The maximum atomic E-state index is 11.4. The summed E-state index contributed by atoms with van der Waals surface area (Å²) in [6, 6.07) is 0. The van der Waals surface area contributed by atoms with Crippen molar-refractivity contribution in [3.8, 4) is 10.8 Å². The van der Waals surface area contributed by atoms with Crippen LogP contribution in [0, 0.1) is 6.92 Å². The van der Waals surface area contributed by atoms with Gasteiger partial charge in [-0.3, -0.25) is 0 Å². The van der Waals surface area contributed by atoms with E-state index in [1.807, 2.05) is 6.92 Å². The maximum absolute atomic E-state index is 11.4. The van der Waals surface area contributed by atoms with E-state index in [0.717, 1.165) is 5.56 Å².